The minimum atomic E-state index is -1.73. The van der Waals surface area contributed by atoms with Gasteiger partial charge in [-0.2, -0.15) is 4.98 Å². The summed E-state index contributed by atoms with van der Waals surface area (Å²) in [6.07, 6.45) is 2.42. The first-order chi connectivity index (χ1) is 13.1. The summed E-state index contributed by atoms with van der Waals surface area (Å²) in [5, 5.41) is 11.9. The highest BCUT2D eigenvalue weighted by Gasteiger charge is 2.45. The fourth-order valence-electron chi connectivity index (χ4n) is 3.30. The largest absolute Gasteiger partial charge is 0.424 e. The predicted octanol–water partition coefficient (Wildman–Crippen LogP) is 3.21. The van der Waals surface area contributed by atoms with Gasteiger partial charge in [0, 0.05) is 31.0 Å². The molecule has 1 aliphatic heterocycles. The van der Waals surface area contributed by atoms with Crippen LogP contribution in [0.25, 0.3) is 11.4 Å². The Balaban J connectivity index is 1.28. The third kappa shape index (κ3) is 3.23. The highest BCUT2D eigenvalue weighted by Crippen LogP contribution is 2.40. The molecule has 3 aromatic rings. The number of nitrogens with zero attached hydrogens (tertiary/aromatic N) is 5. The second-order valence-electron chi connectivity index (χ2n) is 7.16. The van der Waals surface area contributed by atoms with Crippen molar-refractivity contribution in [2.24, 2.45) is 0 Å². The summed E-state index contributed by atoms with van der Waals surface area (Å²) < 4.78 is 39.2. The molecule has 1 unspecified atom stereocenters. The van der Waals surface area contributed by atoms with Crippen molar-refractivity contribution in [2.45, 2.75) is 37.4 Å². The van der Waals surface area contributed by atoms with E-state index in [0.717, 1.165) is 12.8 Å². The normalized spacial score (nSPS) is 23.2. The van der Waals surface area contributed by atoms with E-state index in [1.54, 1.807) is 0 Å². The lowest BCUT2D eigenvalue weighted by atomic mass is 10.1. The zero-order valence-electron chi connectivity index (χ0n) is 14.4. The van der Waals surface area contributed by atoms with Crippen molar-refractivity contribution < 1.29 is 17.7 Å². The first kappa shape index (κ1) is 16.5. The molecule has 0 spiro atoms. The first-order valence-electron chi connectivity index (χ1n) is 8.93. The highest BCUT2D eigenvalue weighted by molar-refractivity contribution is 5.53. The lowest BCUT2D eigenvalue weighted by Gasteiger charge is -2.15. The molecule has 0 N–H and O–H groups in total. The van der Waals surface area contributed by atoms with Crippen LogP contribution in [0.1, 0.15) is 42.9 Å². The lowest BCUT2D eigenvalue weighted by Crippen LogP contribution is -2.27. The van der Waals surface area contributed by atoms with E-state index in [9.17, 15) is 4.39 Å². The molecule has 27 heavy (non-hydrogen) atoms. The molecular weight excluding hydrogens is 356 g/mol. The zero-order valence-corrected chi connectivity index (χ0v) is 14.4. The molecule has 9 heteroatoms. The Hall–Kier alpha value is -2.68. The van der Waals surface area contributed by atoms with Crippen LogP contribution in [0.2, 0.25) is 0 Å². The van der Waals surface area contributed by atoms with Crippen molar-refractivity contribution in [1.82, 2.24) is 25.2 Å². The van der Waals surface area contributed by atoms with Crippen molar-refractivity contribution in [3.8, 4) is 11.4 Å². The van der Waals surface area contributed by atoms with E-state index in [2.05, 4.69) is 20.3 Å². The number of hydrogen-bond acceptors (Lipinski definition) is 7. The zero-order chi connectivity index (χ0) is 18.4. The number of alkyl halides is 1. The number of rotatable bonds is 5. The Labute approximate surface area is 153 Å². The molecule has 0 bridgehead atoms. The lowest BCUT2D eigenvalue weighted by molar-refractivity contribution is 0.113. The second-order valence-corrected chi connectivity index (χ2v) is 7.16. The average Bonchev–Trinajstić information content (AvgIpc) is 3.07. The third-order valence-electron chi connectivity index (χ3n) is 4.98. The summed E-state index contributed by atoms with van der Waals surface area (Å²) in [5.74, 6) is 1.39. The Morgan fingerprint density at radius 1 is 1.19 bits per heavy atom. The minimum absolute atomic E-state index is 0.0616. The summed E-state index contributed by atoms with van der Waals surface area (Å²) in [6.45, 7) is 1.02. The molecule has 0 radical (unpaired) electrons. The van der Waals surface area contributed by atoms with Gasteiger partial charge in [0.05, 0.1) is 6.54 Å². The molecule has 0 amide bonds. The maximum absolute atomic E-state index is 15.4. The molecule has 140 valence electrons. The van der Waals surface area contributed by atoms with Crippen LogP contribution >= 0.6 is 0 Å². The summed E-state index contributed by atoms with van der Waals surface area (Å²) in [4.78, 5) is 6.08. The smallest absolute Gasteiger partial charge is 0.266 e. The number of likely N-dealkylation sites (tertiary alicyclic amines) is 1. The van der Waals surface area contributed by atoms with Gasteiger partial charge in [-0.1, -0.05) is 5.16 Å². The topological polar surface area (TPSA) is 81.1 Å². The van der Waals surface area contributed by atoms with Crippen LogP contribution in [0, 0.1) is 5.82 Å². The van der Waals surface area contributed by atoms with Gasteiger partial charge < -0.3 is 8.94 Å². The van der Waals surface area contributed by atoms with Crippen LogP contribution in [0.3, 0.4) is 0 Å². The molecule has 2 fully saturated rings. The van der Waals surface area contributed by atoms with Crippen molar-refractivity contribution in [3.05, 3.63) is 47.8 Å². The van der Waals surface area contributed by atoms with E-state index in [0.29, 0.717) is 36.4 Å². The minimum Gasteiger partial charge on any atom is -0.424 e. The van der Waals surface area contributed by atoms with E-state index in [-0.39, 0.29) is 30.5 Å². The average molecular weight is 373 g/mol. The molecule has 2 aromatic heterocycles. The Morgan fingerprint density at radius 2 is 2.00 bits per heavy atom. The third-order valence-corrected chi connectivity index (χ3v) is 4.98. The maximum Gasteiger partial charge on any atom is 0.266 e. The highest BCUT2D eigenvalue weighted by atomic mass is 19.1. The van der Waals surface area contributed by atoms with E-state index in [4.69, 9.17) is 8.94 Å². The number of benzene rings is 1. The van der Waals surface area contributed by atoms with Gasteiger partial charge in [-0.05, 0) is 37.1 Å². The van der Waals surface area contributed by atoms with E-state index in [1.807, 2.05) is 4.90 Å². The summed E-state index contributed by atoms with van der Waals surface area (Å²) >= 11 is 0. The van der Waals surface area contributed by atoms with Gasteiger partial charge in [0.15, 0.2) is 0 Å². The van der Waals surface area contributed by atoms with Crippen LogP contribution in [0.4, 0.5) is 8.78 Å². The molecule has 2 aliphatic rings. The Morgan fingerprint density at radius 3 is 2.78 bits per heavy atom. The monoisotopic (exact) mass is 373 g/mol. The Kier molecular flexibility index (Phi) is 3.78. The molecule has 1 aliphatic carbocycles. The summed E-state index contributed by atoms with van der Waals surface area (Å²) in [7, 11) is 0. The SMILES string of the molecule is Fc1ccc(-c2noc(C3(F)CCN(Cc4nnc(C5CC5)o4)C3)n2)cc1. The Bertz CT molecular complexity index is 953. The molecule has 1 atom stereocenters. The van der Waals surface area contributed by atoms with Gasteiger partial charge in [-0.25, -0.2) is 8.78 Å². The van der Waals surface area contributed by atoms with Crippen molar-refractivity contribution in [2.75, 3.05) is 13.1 Å². The number of halogens is 2. The van der Waals surface area contributed by atoms with Crippen LogP contribution < -0.4 is 0 Å². The number of hydrogen-bond donors (Lipinski definition) is 0. The van der Waals surface area contributed by atoms with Crippen LogP contribution in [-0.4, -0.2) is 38.3 Å². The van der Waals surface area contributed by atoms with Gasteiger partial charge in [0.2, 0.25) is 23.3 Å². The molecule has 5 rings (SSSR count). The van der Waals surface area contributed by atoms with Crippen molar-refractivity contribution in [3.63, 3.8) is 0 Å². The summed E-state index contributed by atoms with van der Waals surface area (Å²) in [6, 6.07) is 5.66. The van der Waals surface area contributed by atoms with Crippen LogP contribution in [0.5, 0.6) is 0 Å². The van der Waals surface area contributed by atoms with Gasteiger partial charge in [-0.3, -0.25) is 4.90 Å². The fraction of sp³-hybridized carbons (Fsp3) is 0.444. The number of aromatic nitrogens is 4. The van der Waals surface area contributed by atoms with Crippen molar-refractivity contribution >= 4 is 0 Å². The first-order valence-corrected chi connectivity index (χ1v) is 8.93. The standard InChI is InChI=1S/C18H17F2N5O2/c19-13-5-3-11(4-6-13)15-21-17(27-24-15)18(20)7-8-25(10-18)9-14-22-23-16(26-14)12-1-2-12/h3-6,12H,1-2,7-10H2. The molecule has 1 aromatic carbocycles. The predicted molar refractivity (Wildman–Crippen MR) is 88.6 cm³/mol. The second kappa shape index (κ2) is 6.19. The van der Waals surface area contributed by atoms with Gasteiger partial charge in [0.1, 0.15) is 5.82 Å². The quantitative estimate of drug-likeness (QED) is 0.679. The maximum atomic E-state index is 15.4. The molecule has 7 nitrogen and oxygen atoms in total. The van der Waals surface area contributed by atoms with E-state index < -0.39 is 5.67 Å². The molecule has 3 heterocycles. The van der Waals surface area contributed by atoms with Crippen LogP contribution in [-0.2, 0) is 12.2 Å². The fourth-order valence-corrected chi connectivity index (χ4v) is 3.30. The van der Waals surface area contributed by atoms with Crippen molar-refractivity contribution in [1.29, 1.82) is 0 Å². The van der Waals surface area contributed by atoms with Gasteiger partial charge in [-0.15, -0.1) is 10.2 Å². The van der Waals surface area contributed by atoms with Crippen LogP contribution in [0.15, 0.2) is 33.2 Å². The molecule has 1 saturated heterocycles. The van der Waals surface area contributed by atoms with E-state index in [1.165, 1.54) is 24.3 Å². The van der Waals surface area contributed by atoms with E-state index >= 15 is 4.39 Å². The molecular formula is C18H17F2N5O2. The van der Waals surface area contributed by atoms with Gasteiger partial charge in [0.25, 0.3) is 5.89 Å². The summed E-state index contributed by atoms with van der Waals surface area (Å²) in [5.41, 5.74) is -1.16. The molecule has 1 saturated carbocycles. The van der Waals surface area contributed by atoms with Gasteiger partial charge >= 0.3 is 0 Å².